The van der Waals surface area contributed by atoms with Gasteiger partial charge in [0, 0.05) is 30.8 Å². The Labute approximate surface area is 160 Å². The Morgan fingerprint density at radius 3 is 2.74 bits per heavy atom. The quantitative estimate of drug-likeness (QED) is 0.819. The molecule has 0 aliphatic carbocycles. The van der Waals surface area contributed by atoms with Gasteiger partial charge in [0.1, 0.15) is 5.75 Å². The van der Waals surface area contributed by atoms with Gasteiger partial charge in [0.2, 0.25) is 11.8 Å². The molecule has 5 heteroatoms. The molecule has 1 aliphatic rings. The molecule has 1 heterocycles. The van der Waals surface area contributed by atoms with Gasteiger partial charge in [0.15, 0.2) is 0 Å². The van der Waals surface area contributed by atoms with E-state index in [9.17, 15) is 9.59 Å². The van der Waals surface area contributed by atoms with Crippen LogP contribution in [-0.2, 0) is 16.0 Å². The predicted octanol–water partition coefficient (Wildman–Crippen LogP) is 3.19. The number of amides is 2. The zero-order valence-corrected chi connectivity index (χ0v) is 15.9. The molecular formula is C22H26N2O3. The molecule has 142 valence electrons. The number of anilines is 1. The number of ether oxygens (including phenoxy) is 1. The number of nitrogens with one attached hydrogen (secondary N) is 1. The van der Waals surface area contributed by atoms with Crippen molar-refractivity contribution < 1.29 is 14.3 Å². The lowest BCUT2D eigenvalue weighted by Gasteiger charge is -2.19. The summed E-state index contributed by atoms with van der Waals surface area (Å²) in [6.07, 6.45) is 2.03. The first-order valence-corrected chi connectivity index (χ1v) is 9.35. The predicted molar refractivity (Wildman–Crippen MR) is 106 cm³/mol. The van der Waals surface area contributed by atoms with E-state index in [1.165, 1.54) is 5.56 Å². The van der Waals surface area contributed by atoms with Crippen molar-refractivity contribution in [3.63, 3.8) is 0 Å². The molecule has 1 N–H and O–H groups in total. The largest absolute Gasteiger partial charge is 0.497 e. The molecule has 5 nitrogen and oxygen atoms in total. The van der Waals surface area contributed by atoms with Crippen molar-refractivity contribution in [2.45, 2.75) is 32.2 Å². The smallest absolute Gasteiger partial charge is 0.227 e. The number of benzene rings is 2. The summed E-state index contributed by atoms with van der Waals surface area (Å²) in [4.78, 5) is 26.7. The second-order valence-corrected chi connectivity index (χ2v) is 7.04. The second-order valence-electron chi connectivity index (χ2n) is 7.04. The highest BCUT2D eigenvalue weighted by molar-refractivity contribution is 6.00. The first-order chi connectivity index (χ1) is 13.1. The van der Waals surface area contributed by atoms with Crippen molar-refractivity contribution in [3.8, 4) is 5.75 Å². The molecule has 0 aromatic heterocycles. The summed E-state index contributed by atoms with van der Waals surface area (Å²) in [5, 5.41) is 3.06. The van der Waals surface area contributed by atoms with Crippen LogP contribution >= 0.6 is 0 Å². The van der Waals surface area contributed by atoms with E-state index in [0.29, 0.717) is 12.3 Å². The summed E-state index contributed by atoms with van der Waals surface area (Å²) in [6, 6.07) is 17.7. The molecule has 0 radical (unpaired) electrons. The van der Waals surface area contributed by atoms with Crippen LogP contribution in [0.3, 0.4) is 0 Å². The first kappa shape index (κ1) is 19.0. The van der Waals surface area contributed by atoms with E-state index in [1.807, 2.05) is 49.4 Å². The van der Waals surface area contributed by atoms with Crippen molar-refractivity contribution >= 4 is 17.5 Å². The number of carbonyl (C=O) groups excluding carboxylic acids is 2. The standard InChI is InChI=1S/C22H26N2O3/c1-16(11-12-17-7-4-3-5-8-17)23-22(26)18-13-21(25)24(15-18)19-9-6-10-20(14-19)27-2/h3-10,14,16,18H,11-13,15H2,1-2H3,(H,23,26)/t16-,18-/m0/s1. The summed E-state index contributed by atoms with van der Waals surface area (Å²) in [5.74, 6) is 0.306. The van der Waals surface area contributed by atoms with Crippen molar-refractivity contribution in [3.05, 3.63) is 60.2 Å². The molecule has 0 bridgehead atoms. The molecule has 1 fully saturated rings. The highest BCUT2D eigenvalue weighted by Crippen LogP contribution is 2.28. The van der Waals surface area contributed by atoms with Crippen molar-refractivity contribution in [2.24, 2.45) is 5.92 Å². The number of carbonyl (C=O) groups is 2. The second kappa shape index (κ2) is 8.71. The van der Waals surface area contributed by atoms with Gasteiger partial charge in [-0.1, -0.05) is 36.4 Å². The summed E-state index contributed by atoms with van der Waals surface area (Å²) < 4.78 is 5.22. The number of methoxy groups -OCH3 is 1. The third-order valence-corrected chi connectivity index (χ3v) is 4.96. The molecule has 3 rings (SSSR count). The fourth-order valence-electron chi connectivity index (χ4n) is 3.37. The molecule has 0 unspecified atom stereocenters. The molecule has 2 aromatic rings. The molecule has 0 spiro atoms. The van der Waals surface area contributed by atoms with E-state index < -0.39 is 0 Å². The molecule has 0 saturated carbocycles. The molecule has 2 amide bonds. The Hall–Kier alpha value is -2.82. The fraction of sp³-hybridized carbons (Fsp3) is 0.364. The van der Waals surface area contributed by atoms with Gasteiger partial charge in [-0.25, -0.2) is 0 Å². The van der Waals surface area contributed by atoms with Crippen molar-refractivity contribution in [1.29, 1.82) is 0 Å². The number of hydrogen-bond acceptors (Lipinski definition) is 3. The maximum absolute atomic E-state index is 12.6. The zero-order chi connectivity index (χ0) is 19.2. The third-order valence-electron chi connectivity index (χ3n) is 4.96. The Kier molecular flexibility index (Phi) is 6.12. The minimum absolute atomic E-state index is 0.0275. The fourth-order valence-corrected chi connectivity index (χ4v) is 3.37. The van der Waals surface area contributed by atoms with Crippen LogP contribution in [0, 0.1) is 5.92 Å². The van der Waals surface area contributed by atoms with E-state index in [0.717, 1.165) is 18.5 Å². The monoisotopic (exact) mass is 366 g/mol. The van der Waals surface area contributed by atoms with Crippen LogP contribution in [0.4, 0.5) is 5.69 Å². The van der Waals surface area contributed by atoms with Crippen LogP contribution in [0.2, 0.25) is 0 Å². The minimum atomic E-state index is -0.317. The van der Waals surface area contributed by atoms with Gasteiger partial charge in [-0.15, -0.1) is 0 Å². The van der Waals surface area contributed by atoms with E-state index in [4.69, 9.17) is 4.74 Å². The van der Waals surface area contributed by atoms with Gasteiger partial charge < -0.3 is 15.0 Å². The van der Waals surface area contributed by atoms with Gasteiger partial charge in [-0.2, -0.15) is 0 Å². The van der Waals surface area contributed by atoms with Crippen LogP contribution in [0.25, 0.3) is 0 Å². The average molecular weight is 366 g/mol. The summed E-state index contributed by atoms with van der Waals surface area (Å²) in [6.45, 7) is 2.42. The molecule has 2 atom stereocenters. The third kappa shape index (κ3) is 4.88. The molecule has 1 saturated heterocycles. The lowest BCUT2D eigenvalue weighted by atomic mass is 10.0. The van der Waals surface area contributed by atoms with Gasteiger partial charge in [0.25, 0.3) is 0 Å². The van der Waals surface area contributed by atoms with Crippen molar-refractivity contribution in [2.75, 3.05) is 18.6 Å². The Bertz CT molecular complexity index is 791. The molecular weight excluding hydrogens is 340 g/mol. The lowest BCUT2D eigenvalue weighted by Crippen LogP contribution is -2.38. The number of aryl methyl sites for hydroxylation is 1. The van der Waals surface area contributed by atoms with Crippen LogP contribution < -0.4 is 15.0 Å². The Morgan fingerprint density at radius 2 is 2.00 bits per heavy atom. The highest BCUT2D eigenvalue weighted by Gasteiger charge is 2.35. The number of hydrogen-bond donors (Lipinski definition) is 1. The van der Waals surface area contributed by atoms with Crippen LogP contribution in [0.1, 0.15) is 25.3 Å². The lowest BCUT2D eigenvalue weighted by molar-refractivity contribution is -0.126. The topological polar surface area (TPSA) is 58.6 Å². The molecule has 2 aromatic carbocycles. The number of rotatable bonds is 7. The van der Waals surface area contributed by atoms with Gasteiger partial charge in [0.05, 0.1) is 13.0 Å². The summed E-state index contributed by atoms with van der Waals surface area (Å²) in [7, 11) is 1.60. The van der Waals surface area contributed by atoms with E-state index in [2.05, 4.69) is 17.4 Å². The van der Waals surface area contributed by atoms with Gasteiger partial charge in [-0.3, -0.25) is 9.59 Å². The summed E-state index contributed by atoms with van der Waals surface area (Å²) >= 11 is 0. The first-order valence-electron chi connectivity index (χ1n) is 9.35. The van der Waals surface area contributed by atoms with Gasteiger partial charge in [-0.05, 0) is 37.5 Å². The Balaban J connectivity index is 1.53. The number of nitrogens with zero attached hydrogens (tertiary/aromatic N) is 1. The van der Waals surface area contributed by atoms with Crippen LogP contribution in [0.5, 0.6) is 5.75 Å². The minimum Gasteiger partial charge on any atom is -0.497 e. The summed E-state index contributed by atoms with van der Waals surface area (Å²) in [5.41, 5.74) is 2.03. The molecule has 27 heavy (non-hydrogen) atoms. The molecule has 1 aliphatic heterocycles. The maximum atomic E-state index is 12.6. The highest BCUT2D eigenvalue weighted by atomic mass is 16.5. The maximum Gasteiger partial charge on any atom is 0.227 e. The van der Waals surface area contributed by atoms with E-state index in [-0.39, 0.29) is 30.2 Å². The Morgan fingerprint density at radius 1 is 1.22 bits per heavy atom. The SMILES string of the molecule is COc1cccc(N2C[C@@H](C(=O)N[C@@H](C)CCc3ccccc3)CC2=O)c1. The van der Waals surface area contributed by atoms with Gasteiger partial charge >= 0.3 is 0 Å². The van der Waals surface area contributed by atoms with E-state index in [1.54, 1.807) is 12.0 Å². The van der Waals surface area contributed by atoms with Crippen LogP contribution in [-0.4, -0.2) is 31.5 Å². The van der Waals surface area contributed by atoms with Crippen LogP contribution in [0.15, 0.2) is 54.6 Å². The van der Waals surface area contributed by atoms with Crippen molar-refractivity contribution in [1.82, 2.24) is 5.32 Å². The normalized spacial score (nSPS) is 17.6. The average Bonchev–Trinajstić information content (AvgIpc) is 3.09. The van der Waals surface area contributed by atoms with E-state index >= 15 is 0 Å². The zero-order valence-electron chi connectivity index (χ0n) is 15.9.